The summed E-state index contributed by atoms with van der Waals surface area (Å²) in [7, 11) is 0. The van der Waals surface area contributed by atoms with Crippen molar-refractivity contribution in [2.75, 3.05) is 0 Å². The molecule has 0 aliphatic rings. The number of nitrogens with zero attached hydrogens (tertiary/aromatic N) is 1. The number of ether oxygens (including phenoxy) is 2. The molecule has 0 aliphatic carbocycles. The minimum Gasteiger partial charge on any atom is -0.423 e. The number of carbonyl (C=O) groups is 3. The summed E-state index contributed by atoms with van der Waals surface area (Å²) >= 11 is 5.93. The fourth-order valence-corrected chi connectivity index (χ4v) is 3.29. The number of amides is 1. The van der Waals surface area contributed by atoms with Gasteiger partial charge in [0, 0.05) is 22.2 Å². The molecule has 0 radical (unpaired) electrons. The molecule has 8 heteroatoms. The molecule has 0 saturated carbocycles. The summed E-state index contributed by atoms with van der Waals surface area (Å²) in [5, 5.41) is 4.38. The van der Waals surface area contributed by atoms with Crippen LogP contribution in [0.15, 0.2) is 108 Å². The molecule has 1 N–H and O–H groups in total. The Morgan fingerprint density at radius 2 is 1.31 bits per heavy atom. The molecule has 0 unspecified atom stereocenters. The molecule has 0 heterocycles. The van der Waals surface area contributed by atoms with Gasteiger partial charge in [0.25, 0.3) is 5.91 Å². The third-order valence-corrected chi connectivity index (χ3v) is 5.11. The zero-order valence-corrected chi connectivity index (χ0v) is 19.5. The van der Waals surface area contributed by atoms with E-state index in [1.54, 1.807) is 84.9 Å². The van der Waals surface area contributed by atoms with E-state index >= 15 is 0 Å². The van der Waals surface area contributed by atoms with E-state index in [-0.39, 0.29) is 11.5 Å². The molecule has 0 saturated heterocycles. The van der Waals surface area contributed by atoms with E-state index in [1.165, 1.54) is 24.4 Å². The van der Waals surface area contributed by atoms with Gasteiger partial charge in [-0.1, -0.05) is 54.1 Å². The van der Waals surface area contributed by atoms with Crippen LogP contribution in [0.25, 0.3) is 0 Å². The van der Waals surface area contributed by atoms with Crippen molar-refractivity contribution >= 4 is 35.7 Å². The highest BCUT2D eigenvalue weighted by Crippen LogP contribution is 2.26. The highest BCUT2D eigenvalue weighted by Gasteiger charge is 2.15. The largest absolute Gasteiger partial charge is 0.423 e. The van der Waals surface area contributed by atoms with Gasteiger partial charge in [0.15, 0.2) is 0 Å². The van der Waals surface area contributed by atoms with E-state index in [2.05, 4.69) is 10.5 Å². The summed E-state index contributed by atoms with van der Waals surface area (Å²) < 4.78 is 11.0. The molecule has 36 heavy (non-hydrogen) atoms. The van der Waals surface area contributed by atoms with E-state index in [0.29, 0.717) is 27.3 Å². The summed E-state index contributed by atoms with van der Waals surface area (Å²) in [5.41, 5.74) is 3.80. The Hall–Kier alpha value is -4.75. The van der Waals surface area contributed by atoms with Crippen LogP contribution in [-0.2, 0) is 0 Å². The number of nitrogens with one attached hydrogen (secondary N) is 1. The fraction of sp³-hybridized carbons (Fsp3) is 0. The van der Waals surface area contributed by atoms with Gasteiger partial charge in [-0.2, -0.15) is 5.10 Å². The molecular formula is C28H19ClN2O5. The predicted octanol–water partition coefficient (Wildman–Crippen LogP) is 5.54. The minimum absolute atomic E-state index is 0.0861. The normalized spacial score (nSPS) is 10.6. The van der Waals surface area contributed by atoms with Crippen LogP contribution in [0, 0.1) is 0 Å². The quantitative estimate of drug-likeness (QED) is 0.156. The topological polar surface area (TPSA) is 94.1 Å². The SMILES string of the molecule is O=C(N/N=C/c1ccc(OC(=O)c2ccccc2)cc1OC(=O)c1ccccc1)c1cccc(Cl)c1. The molecule has 4 aromatic carbocycles. The molecule has 7 nitrogen and oxygen atoms in total. The first-order valence-corrected chi connectivity index (χ1v) is 11.1. The first-order valence-electron chi connectivity index (χ1n) is 10.8. The van der Waals surface area contributed by atoms with Gasteiger partial charge in [-0.3, -0.25) is 4.79 Å². The van der Waals surface area contributed by atoms with Crippen molar-refractivity contribution in [1.29, 1.82) is 0 Å². The number of hydrogen-bond acceptors (Lipinski definition) is 6. The monoisotopic (exact) mass is 498 g/mol. The van der Waals surface area contributed by atoms with Crippen molar-refractivity contribution in [2.45, 2.75) is 0 Å². The van der Waals surface area contributed by atoms with Gasteiger partial charge in [0.05, 0.1) is 17.3 Å². The maximum Gasteiger partial charge on any atom is 0.343 e. The van der Waals surface area contributed by atoms with E-state index in [1.807, 2.05) is 0 Å². The second kappa shape index (κ2) is 11.6. The van der Waals surface area contributed by atoms with Gasteiger partial charge in [0.1, 0.15) is 11.5 Å². The Bertz CT molecular complexity index is 1420. The molecule has 0 aliphatic heterocycles. The molecule has 0 spiro atoms. The Morgan fingerprint density at radius 3 is 1.94 bits per heavy atom. The van der Waals surface area contributed by atoms with Gasteiger partial charge in [-0.25, -0.2) is 15.0 Å². The first kappa shape index (κ1) is 24.4. The van der Waals surface area contributed by atoms with Crippen LogP contribution in [0.3, 0.4) is 0 Å². The van der Waals surface area contributed by atoms with E-state index in [0.717, 1.165) is 0 Å². The Kier molecular flexibility index (Phi) is 7.85. The lowest BCUT2D eigenvalue weighted by atomic mass is 10.2. The number of hydrazone groups is 1. The van der Waals surface area contributed by atoms with E-state index in [4.69, 9.17) is 21.1 Å². The Balaban J connectivity index is 1.56. The summed E-state index contributed by atoms with van der Waals surface area (Å²) in [5.74, 6) is -1.39. The molecule has 178 valence electrons. The van der Waals surface area contributed by atoms with Crippen molar-refractivity contribution in [3.63, 3.8) is 0 Å². The van der Waals surface area contributed by atoms with E-state index in [9.17, 15) is 14.4 Å². The lowest BCUT2D eigenvalue weighted by Crippen LogP contribution is -2.17. The predicted molar refractivity (Wildman–Crippen MR) is 136 cm³/mol. The van der Waals surface area contributed by atoms with Crippen LogP contribution in [-0.4, -0.2) is 24.1 Å². The van der Waals surface area contributed by atoms with Crippen molar-refractivity contribution in [1.82, 2.24) is 5.43 Å². The van der Waals surface area contributed by atoms with Crippen molar-refractivity contribution in [3.05, 3.63) is 130 Å². The average Bonchev–Trinajstić information content (AvgIpc) is 2.90. The van der Waals surface area contributed by atoms with Crippen LogP contribution < -0.4 is 14.9 Å². The molecule has 0 aromatic heterocycles. The van der Waals surface area contributed by atoms with Crippen molar-refractivity contribution in [2.24, 2.45) is 5.10 Å². The zero-order valence-electron chi connectivity index (χ0n) is 18.8. The second-order valence-corrected chi connectivity index (χ2v) is 7.86. The van der Waals surface area contributed by atoms with Crippen LogP contribution in [0.2, 0.25) is 5.02 Å². The number of hydrogen-bond donors (Lipinski definition) is 1. The lowest BCUT2D eigenvalue weighted by Gasteiger charge is -2.10. The van der Waals surface area contributed by atoms with Crippen LogP contribution >= 0.6 is 11.6 Å². The number of halogens is 1. The van der Waals surface area contributed by atoms with Gasteiger partial charge in [0.2, 0.25) is 0 Å². The fourth-order valence-electron chi connectivity index (χ4n) is 3.10. The smallest absolute Gasteiger partial charge is 0.343 e. The molecule has 4 aromatic rings. The maximum atomic E-state index is 12.7. The zero-order chi connectivity index (χ0) is 25.3. The third-order valence-electron chi connectivity index (χ3n) is 4.87. The second-order valence-electron chi connectivity index (χ2n) is 7.42. The highest BCUT2D eigenvalue weighted by molar-refractivity contribution is 6.31. The molecule has 4 rings (SSSR count). The van der Waals surface area contributed by atoms with Crippen molar-refractivity contribution < 1.29 is 23.9 Å². The summed E-state index contributed by atoms with van der Waals surface area (Å²) in [6.45, 7) is 0. The third kappa shape index (κ3) is 6.43. The summed E-state index contributed by atoms with van der Waals surface area (Å²) in [4.78, 5) is 37.4. The average molecular weight is 499 g/mol. The lowest BCUT2D eigenvalue weighted by molar-refractivity contribution is 0.0732. The van der Waals surface area contributed by atoms with Crippen LogP contribution in [0.5, 0.6) is 11.5 Å². The number of rotatable bonds is 7. The van der Waals surface area contributed by atoms with Gasteiger partial charge in [-0.05, 0) is 54.6 Å². The summed E-state index contributed by atoms with van der Waals surface area (Å²) in [6.07, 6.45) is 1.32. The minimum atomic E-state index is -0.611. The Labute approximate surface area is 211 Å². The number of benzene rings is 4. The number of esters is 2. The summed E-state index contributed by atoms with van der Waals surface area (Å²) in [6, 6.07) is 27.8. The molecular weight excluding hydrogens is 480 g/mol. The first-order chi connectivity index (χ1) is 17.5. The van der Waals surface area contributed by atoms with Gasteiger partial charge >= 0.3 is 11.9 Å². The molecule has 0 fully saturated rings. The molecule has 0 atom stereocenters. The Morgan fingerprint density at radius 1 is 0.694 bits per heavy atom. The van der Waals surface area contributed by atoms with Crippen LogP contribution in [0.4, 0.5) is 0 Å². The molecule has 1 amide bonds. The highest BCUT2D eigenvalue weighted by atomic mass is 35.5. The number of carbonyl (C=O) groups excluding carboxylic acids is 3. The van der Waals surface area contributed by atoms with Gasteiger partial charge < -0.3 is 9.47 Å². The molecule has 0 bridgehead atoms. The van der Waals surface area contributed by atoms with Crippen LogP contribution in [0.1, 0.15) is 36.6 Å². The standard InChI is InChI=1S/C28H19ClN2O5/c29-23-13-7-12-21(16-23)26(32)31-30-18-22-14-15-24(35-27(33)19-8-3-1-4-9-19)17-25(22)36-28(34)20-10-5-2-6-11-20/h1-18H,(H,31,32)/b30-18+. The van der Waals surface area contributed by atoms with E-state index < -0.39 is 17.8 Å². The maximum absolute atomic E-state index is 12.7. The van der Waals surface area contributed by atoms with Crippen molar-refractivity contribution in [3.8, 4) is 11.5 Å². The van der Waals surface area contributed by atoms with Gasteiger partial charge in [-0.15, -0.1) is 0 Å².